The van der Waals surface area contributed by atoms with Gasteiger partial charge in [-0.05, 0) is 91.3 Å². The first-order valence-electron chi connectivity index (χ1n) is 23.6. The number of aromatic nitrogens is 3. The van der Waals surface area contributed by atoms with Gasteiger partial charge in [-0.25, -0.2) is 4.98 Å². The van der Waals surface area contributed by atoms with Gasteiger partial charge in [0.2, 0.25) is 11.9 Å². The van der Waals surface area contributed by atoms with Gasteiger partial charge in [0.05, 0.1) is 51.4 Å². The van der Waals surface area contributed by atoms with E-state index in [0.717, 1.165) is 49.1 Å². The molecule has 0 spiro atoms. The number of piperidine rings is 2. The smallest absolute Gasteiger partial charge is 0.293 e. The van der Waals surface area contributed by atoms with Gasteiger partial charge in [0.1, 0.15) is 29.2 Å². The maximum absolute atomic E-state index is 13.0. The summed E-state index contributed by atoms with van der Waals surface area (Å²) in [6, 6.07) is 20.3. The predicted molar refractivity (Wildman–Crippen MR) is 264 cm³/mol. The Kier molecular flexibility index (Phi) is 16.8. The number of anilines is 3. The summed E-state index contributed by atoms with van der Waals surface area (Å²) < 4.78 is 36.2. The molecule has 1 unspecified atom stereocenters. The Balaban J connectivity index is 0.694. The third kappa shape index (κ3) is 12.3. The van der Waals surface area contributed by atoms with E-state index < -0.39 is 6.04 Å². The lowest BCUT2D eigenvalue weighted by molar-refractivity contribution is -0.126. The molecule has 3 aliphatic heterocycles. The van der Waals surface area contributed by atoms with Gasteiger partial charge in [-0.1, -0.05) is 36.4 Å². The number of aryl methyl sites for hydroxylation is 1. The van der Waals surface area contributed by atoms with Crippen molar-refractivity contribution in [2.45, 2.75) is 50.6 Å². The predicted octanol–water partition coefficient (Wildman–Crippen LogP) is 5.88. The van der Waals surface area contributed by atoms with Gasteiger partial charge in [-0.2, -0.15) is 4.98 Å². The summed E-state index contributed by atoms with van der Waals surface area (Å²) in [5.74, 6) is 2.29. The molecule has 5 heterocycles. The van der Waals surface area contributed by atoms with Crippen LogP contribution in [0.2, 0.25) is 5.02 Å². The Hall–Kier alpha value is -6.73. The number of ether oxygens (including phenoxy) is 6. The number of nitrogens with zero attached hydrogens (tertiary/aromatic N) is 5. The number of benzene rings is 3. The van der Waals surface area contributed by atoms with E-state index >= 15 is 0 Å². The van der Waals surface area contributed by atoms with Gasteiger partial charge in [0.25, 0.3) is 17.4 Å². The minimum Gasteiger partial charge on any atom is -0.493 e. The number of amides is 3. The first-order chi connectivity index (χ1) is 34.1. The highest BCUT2D eigenvalue weighted by atomic mass is 35.5. The molecule has 2 saturated heterocycles. The molecular weight excluding hydrogens is 920 g/mol. The number of fused-ring (bicyclic) bond motifs is 2. The highest BCUT2D eigenvalue weighted by molar-refractivity contribution is 6.33. The number of hydrogen-bond donors (Lipinski definition) is 3. The normalized spacial score (nSPS) is 16.0. The maximum atomic E-state index is 13.0. The molecule has 70 heavy (non-hydrogen) atoms. The summed E-state index contributed by atoms with van der Waals surface area (Å²) in [4.78, 5) is 63.2. The van der Waals surface area contributed by atoms with Gasteiger partial charge in [0, 0.05) is 69.1 Å². The van der Waals surface area contributed by atoms with Gasteiger partial charge in [-0.3, -0.25) is 19.2 Å². The van der Waals surface area contributed by atoms with Crippen LogP contribution in [0.4, 0.5) is 17.5 Å². The Morgan fingerprint density at radius 1 is 0.857 bits per heavy atom. The van der Waals surface area contributed by atoms with Gasteiger partial charge in [-0.15, -0.1) is 0 Å². The van der Waals surface area contributed by atoms with Gasteiger partial charge in [0.15, 0.2) is 18.2 Å². The van der Waals surface area contributed by atoms with E-state index in [2.05, 4.69) is 44.5 Å². The lowest BCUT2D eigenvalue weighted by Crippen LogP contribution is -2.49. The summed E-state index contributed by atoms with van der Waals surface area (Å²) >= 11 is 6.58. The number of pyridine rings is 1. The minimum atomic E-state index is -0.494. The van der Waals surface area contributed by atoms with E-state index in [4.69, 9.17) is 45.0 Å². The fourth-order valence-electron chi connectivity index (χ4n) is 8.75. The zero-order valence-electron chi connectivity index (χ0n) is 39.5. The van der Waals surface area contributed by atoms with E-state index in [9.17, 15) is 19.2 Å². The molecule has 18 nitrogen and oxygen atoms in total. The fraction of sp³-hybridized carbons (Fsp3) is 0.412. The second kappa shape index (κ2) is 23.7. The summed E-state index contributed by atoms with van der Waals surface area (Å²) in [6.45, 7) is 9.04. The fourth-order valence-corrected chi connectivity index (χ4v) is 8.89. The first kappa shape index (κ1) is 49.7. The molecule has 5 aromatic rings. The van der Waals surface area contributed by atoms with E-state index in [1.54, 1.807) is 36.3 Å². The number of rotatable bonds is 23. The second-order valence-corrected chi connectivity index (χ2v) is 17.6. The van der Waals surface area contributed by atoms with Crippen LogP contribution >= 0.6 is 11.6 Å². The van der Waals surface area contributed by atoms with E-state index in [1.165, 1.54) is 17.2 Å². The van der Waals surface area contributed by atoms with Crippen molar-refractivity contribution in [1.82, 2.24) is 30.1 Å². The van der Waals surface area contributed by atoms with Crippen LogP contribution in [0.15, 0.2) is 90.0 Å². The molecule has 2 fully saturated rings. The third-order valence-electron chi connectivity index (χ3n) is 12.5. The SMILES string of the molecule is C=C1CCC(N2Cc3cc(OCCOCCOCCOCCCOc4ccccc4C4CCN(c5ncc(Cl)c(Nc6ccc7c(c6)cc(OCC(=O)NC)c(=O)n7C)n5)CC4)ccc3C2=O)C(=O)N1. The van der Waals surface area contributed by atoms with E-state index in [0.29, 0.717) is 123 Å². The van der Waals surface area contributed by atoms with Crippen molar-refractivity contribution in [1.29, 1.82) is 0 Å². The van der Waals surface area contributed by atoms with Crippen molar-refractivity contribution < 1.29 is 42.8 Å². The van der Waals surface area contributed by atoms with Crippen LogP contribution in [-0.4, -0.2) is 123 Å². The van der Waals surface area contributed by atoms with Crippen LogP contribution in [-0.2, 0) is 37.4 Å². The average molecular weight is 980 g/mol. The van der Waals surface area contributed by atoms with Crippen molar-refractivity contribution in [2.24, 2.45) is 7.05 Å². The molecule has 370 valence electrons. The standard InChI is InChI=1S/C51H59ClN8O10/c1-33-9-13-43(48(62)55-33)60-31-36-28-38(11-12-40(36)49(60)63)68-26-25-67-24-23-66-22-21-65-19-6-20-69-44-8-5-4-7-39(44)34-15-17-59(18-16-34)51-54-30-41(52)47(57-51)56-37-10-14-42-35(27-37)29-45(50(64)58(42)3)70-32-46(61)53-2/h4-5,7-8,10-12,14,27-30,34,43H,1,6,9,13,15-26,31-32H2,2-3H3,(H,53,61)(H,55,62)(H,54,56,57). The zero-order chi connectivity index (χ0) is 49.0. The molecule has 2 aromatic heterocycles. The lowest BCUT2D eigenvalue weighted by atomic mass is 9.89. The molecular formula is C51H59ClN8O10. The number of allylic oxidation sites excluding steroid dienone is 1. The number of likely N-dealkylation sites (N-methyl/N-ethyl adjacent to an activating group) is 1. The summed E-state index contributed by atoms with van der Waals surface area (Å²) in [6.07, 6.45) is 5.35. The number of halogens is 1. The van der Waals surface area contributed by atoms with Crippen LogP contribution in [0.1, 0.15) is 59.5 Å². The van der Waals surface area contributed by atoms with E-state index in [-0.39, 0.29) is 35.6 Å². The Morgan fingerprint density at radius 2 is 1.61 bits per heavy atom. The number of hydrogen-bond acceptors (Lipinski definition) is 14. The molecule has 3 aromatic carbocycles. The molecule has 0 aliphatic carbocycles. The molecule has 0 saturated carbocycles. The van der Waals surface area contributed by atoms with Crippen molar-refractivity contribution in [3.8, 4) is 17.2 Å². The Morgan fingerprint density at radius 3 is 2.39 bits per heavy atom. The Labute approximate surface area is 411 Å². The number of carbonyl (C=O) groups is 3. The van der Waals surface area contributed by atoms with Gasteiger partial charge >= 0.3 is 0 Å². The maximum Gasteiger partial charge on any atom is 0.293 e. The monoisotopic (exact) mass is 978 g/mol. The third-order valence-corrected chi connectivity index (χ3v) is 12.8. The van der Waals surface area contributed by atoms with Crippen LogP contribution in [0.25, 0.3) is 10.9 Å². The first-order valence-corrected chi connectivity index (χ1v) is 24.0. The van der Waals surface area contributed by atoms with E-state index in [1.807, 2.05) is 36.4 Å². The molecule has 3 aliphatic rings. The largest absolute Gasteiger partial charge is 0.493 e. The highest BCUT2D eigenvalue weighted by Crippen LogP contribution is 2.36. The molecule has 19 heteroatoms. The molecule has 1 atom stereocenters. The number of para-hydroxylation sites is 1. The highest BCUT2D eigenvalue weighted by Gasteiger charge is 2.38. The molecule has 8 rings (SSSR count). The topological polar surface area (TPSA) is 197 Å². The number of nitrogens with one attached hydrogen (secondary N) is 3. The molecule has 3 amide bonds. The summed E-state index contributed by atoms with van der Waals surface area (Å²) in [5, 5.41) is 9.65. The molecule has 3 N–H and O–H groups in total. The average Bonchev–Trinajstić information content (AvgIpc) is 3.69. The quantitative estimate of drug-likeness (QED) is 0.0657. The van der Waals surface area contributed by atoms with Crippen LogP contribution < -0.4 is 40.6 Å². The van der Waals surface area contributed by atoms with Gasteiger partial charge < -0.3 is 58.7 Å². The lowest BCUT2D eigenvalue weighted by Gasteiger charge is -2.33. The zero-order valence-corrected chi connectivity index (χ0v) is 40.3. The molecule has 0 radical (unpaired) electrons. The van der Waals surface area contributed by atoms with Crippen molar-refractivity contribution in [2.75, 3.05) is 89.8 Å². The minimum absolute atomic E-state index is 0.0734. The van der Waals surface area contributed by atoms with Crippen molar-refractivity contribution >= 4 is 57.7 Å². The second-order valence-electron chi connectivity index (χ2n) is 17.2. The van der Waals surface area contributed by atoms with Crippen LogP contribution in [0, 0.1) is 0 Å². The number of carbonyl (C=O) groups excluding carboxylic acids is 3. The van der Waals surface area contributed by atoms with Crippen LogP contribution in [0.3, 0.4) is 0 Å². The van der Waals surface area contributed by atoms with Crippen molar-refractivity contribution in [3.05, 3.63) is 117 Å². The Bertz CT molecular complexity index is 2750. The molecule has 0 bridgehead atoms. The summed E-state index contributed by atoms with van der Waals surface area (Å²) in [5.41, 5.74) is 4.38. The summed E-state index contributed by atoms with van der Waals surface area (Å²) in [7, 11) is 3.16. The van der Waals surface area contributed by atoms with Crippen LogP contribution in [0.5, 0.6) is 17.2 Å². The van der Waals surface area contributed by atoms with Crippen molar-refractivity contribution in [3.63, 3.8) is 0 Å².